The molecule has 1 N–H and O–H groups in total. The van der Waals surface area contributed by atoms with Crippen molar-refractivity contribution >= 4 is 5.91 Å². The number of nitrogens with zero attached hydrogens (tertiary/aromatic N) is 1. The molecule has 2 aliphatic rings. The van der Waals surface area contributed by atoms with Gasteiger partial charge in [0.1, 0.15) is 5.54 Å². The summed E-state index contributed by atoms with van der Waals surface area (Å²) >= 11 is 0. The van der Waals surface area contributed by atoms with Crippen molar-refractivity contribution in [3.05, 3.63) is 35.4 Å². The second-order valence-electron chi connectivity index (χ2n) is 6.32. The Morgan fingerprint density at radius 2 is 2.05 bits per heavy atom. The molecule has 0 bridgehead atoms. The third kappa shape index (κ3) is 2.20. The van der Waals surface area contributed by atoms with Crippen molar-refractivity contribution in [3.8, 4) is 6.07 Å². The molecule has 0 radical (unpaired) electrons. The lowest BCUT2D eigenvalue weighted by Crippen LogP contribution is -2.52. The maximum atomic E-state index is 12.4. The van der Waals surface area contributed by atoms with Crippen molar-refractivity contribution in [1.82, 2.24) is 5.32 Å². The summed E-state index contributed by atoms with van der Waals surface area (Å²) in [5, 5.41) is 12.5. The van der Waals surface area contributed by atoms with Crippen molar-refractivity contribution in [3.63, 3.8) is 0 Å². The fraction of sp³-hybridized carbons (Fsp3) is 0.529. The number of amides is 1. The molecule has 1 aromatic rings. The van der Waals surface area contributed by atoms with Crippen LogP contribution in [0.15, 0.2) is 24.3 Å². The molecule has 3 heteroatoms. The van der Waals surface area contributed by atoms with Crippen LogP contribution in [0.1, 0.15) is 49.7 Å². The van der Waals surface area contributed by atoms with Gasteiger partial charge in [0.05, 0.1) is 12.0 Å². The second kappa shape index (κ2) is 4.94. The van der Waals surface area contributed by atoms with E-state index in [0.717, 1.165) is 37.7 Å². The van der Waals surface area contributed by atoms with Crippen LogP contribution in [-0.4, -0.2) is 11.4 Å². The molecule has 1 aromatic carbocycles. The first-order valence-electron chi connectivity index (χ1n) is 7.45. The van der Waals surface area contributed by atoms with E-state index in [1.807, 2.05) is 18.2 Å². The molecule has 0 aliphatic heterocycles. The molecule has 0 spiro atoms. The fourth-order valence-corrected chi connectivity index (χ4v) is 3.34. The summed E-state index contributed by atoms with van der Waals surface area (Å²) in [5.74, 6) is 0.633. The first-order chi connectivity index (χ1) is 9.63. The fourth-order valence-electron chi connectivity index (χ4n) is 3.34. The van der Waals surface area contributed by atoms with E-state index in [4.69, 9.17) is 0 Å². The van der Waals surface area contributed by atoms with Crippen LogP contribution in [0, 0.1) is 17.2 Å². The van der Waals surface area contributed by atoms with E-state index in [1.165, 1.54) is 5.56 Å². The molecular weight excluding hydrogens is 248 g/mol. The molecule has 0 heterocycles. The Morgan fingerprint density at radius 3 is 2.70 bits per heavy atom. The van der Waals surface area contributed by atoms with E-state index in [-0.39, 0.29) is 11.8 Å². The van der Waals surface area contributed by atoms with Gasteiger partial charge in [0, 0.05) is 0 Å². The van der Waals surface area contributed by atoms with Crippen LogP contribution in [0.25, 0.3) is 0 Å². The molecule has 1 fully saturated rings. The lowest BCUT2D eigenvalue weighted by molar-refractivity contribution is -0.124. The van der Waals surface area contributed by atoms with Gasteiger partial charge >= 0.3 is 0 Å². The maximum absolute atomic E-state index is 12.4. The van der Waals surface area contributed by atoms with E-state index in [9.17, 15) is 10.1 Å². The van der Waals surface area contributed by atoms with Gasteiger partial charge in [-0.3, -0.25) is 4.79 Å². The third-order valence-electron chi connectivity index (χ3n) is 4.88. The molecule has 0 aromatic heterocycles. The summed E-state index contributed by atoms with van der Waals surface area (Å²) in [5.41, 5.74) is 1.76. The minimum atomic E-state index is -0.631. The van der Waals surface area contributed by atoms with Gasteiger partial charge in [0.25, 0.3) is 0 Å². The zero-order valence-corrected chi connectivity index (χ0v) is 11.9. The summed E-state index contributed by atoms with van der Waals surface area (Å²) in [6.45, 7) is 2.21. The summed E-state index contributed by atoms with van der Waals surface area (Å²) in [4.78, 5) is 12.4. The van der Waals surface area contributed by atoms with Gasteiger partial charge in [-0.15, -0.1) is 0 Å². The predicted octanol–water partition coefficient (Wildman–Crippen LogP) is 2.91. The molecule has 1 saturated carbocycles. The number of hydrogen-bond donors (Lipinski definition) is 1. The van der Waals surface area contributed by atoms with Crippen LogP contribution in [0.2, 0.25) is 0 Å². The topological polar surface area (TPSA) is 52.9 Å². The number of carbonyl (C=O) groups excluding carboxylic acids is 1. The lowest BCUT2D eigenvalue weighted by Gasteiger charge is -2.37. The van der Waals surface area contributed by atoms with Gasteiger partial charge in [-0.1, -0.05) is 31.2 Å². The maximum Gasteiger partial charge on any atom is 0.229 e. The Bertz CT molecular complexity index is 565. The van der Waals surface area contributed by atoms with Crippen LogP contribution in [0.5, 0.6) is 0 Å². The van der Waals surface area contributed by atoms with Gasteiger partial charge < -0.3 is 5.32 Å². The highest BCUT2D eigenvalue weighted by Gasteiger charge is 2.39. The highest BCUT2D eigenvalue weighted by molar-refractivity contribution is 5.87. The number of fused-ring (bicyclic) bond motifs is 1. The van der Waals surface area contributed by atoms with Gasteiger partial charge in [0.2, 0.25) is 5.91 Å². The second-order valence-corrected chi connectivity index (χ2v) is 6.32. The van der Waals surface area contributed by atoms with Crippen LogP contribution in [0.3, 0.4) is 0 Å². The number of carbonyl (C=O) groups is 1. The molecular formula is C17H20N2O. The van der Waals surface area contributed by atoms with Crippen LogP contribution >= 0.6 is 0 Å². The van der Waals surface area contributed by atoms with Crippen LogP contribution in [-0.2, 0) is 11.2 Å². The van der Waals surface area contributed by atoms with E-state index in [1.54, 1.807) is 0 Å². The molecule has 3 rings (SSSR count). The Balaban J connectivity index is 1.69. The monoisotopic (exact) mass is 268 g/mol. The smallest absolute Gasteiger partial charge is 0.229 e. The van der Waals surface area contributed by atoms with Crippen molar-refractivity contribution in [2.45, 2.75) is 50.5 Å². The van der Waals surface area contributed by atoms with E-state index in [2.05, 4.69) is 24.4 Å². The summed E-state index contributed by atoms with van der Waals surface area (Å²) in [6, 6.07) is 10.4. The van der Waals surface area contributed by atoms with Crippen molar-refractivity contribution in [2.24, 2.45) is 5.92 Å². The molecule has 1 atom stereocenters. The van der Waals surface area contributed by atoms with E-state index in [0.29, 0.717) is 5.92 Å². The predicted molar refractivity (Wildman–Crippen MR) is 77.0 cm³/mol. The van der Waals surface area contributed by atoms with Gasteiger partial charge in [-0.05, 0) is 49.1 Å². The summed E-state index contributed by atoms with van der Waals surface area (Å²) in [7, 11) is 0. The normalized spacial score (nSPS) is 31.6. The first-order valence-corrected chi connectivity index (χ1v) is 7.45. The Kier molecular flexibility index (Phi) is 3.25. The minimum Gasteiger partial charge on any atom is -0.337 e. The first kappa shape index (κ1) is 13.2. The number of rotatable bonds is 2. The van der Waals surface area contributed by atoms with Crippen molar-refractivity contribution in [1.29, 1.82) is 5.26 Å². The van der Waals surface area contributed by atoms with Gasteiger partial charge in [-0.25, -0.2) is 0 Å². The molecule has 1 amide bonds. The minimum absolute atomic E-state index is 0.0276. The molecule has 2 aliphatic carbocycles. The molecule has 1 unspecified atom stereocenters. The molecule has 104 valence electrons. The van der Waals surface area contributed by atoms with E-state index < -0.39 is 5.54 Å². The number of hydrogen-bond acceptors (Lipinski definition) is 2. The molecule has 3 nitrogen and oxygen atoms in total. The van der Waals surface area contributed by atoms with Crippen LogP contribution < -0.4 is 5.32 Å². The molecule has 0 saturated heterocycles. The van der Waals surface area contributed by atoms with Gasteiger partial charge in [-0.2, -0.15) is 5.26 Å². The average molecular weight is 268 g/mol. The zero-order valence-electron chi connectivity index (χ0n) is 11.9. The lowest BCUT2D eigenvalue weighted by atomic mass is 9.74. The van der Waals surface area contributed by atoms with Crippen molar-refractivity contribution in [2.75, 3.05) is 0 Å². The van der Waals surface area contributed by atoms with Crippen molar-refractivity contribution < 1.29 is 4.79 Å². The Labute approximate surface area is 120 Å². The highest BCUT2D eigenvalue weighted by Crippen LogP contribution is 2.37. The SMILES string of the molecule is CC1CCC(C#N)(NC(=O)C2Cc3ccccc32)CC1. The highest BCUT2D eigenvalue weighted by atomic mass is 16.2. The standard InChI is InChI=1S/C17H20N2O/c1-12-6-8-17(11-18,9-7-12)19-16(20)15-10-13-4-2-3-5-14(13)15/h2-5,12,15H,6-10H2,1H3,(H,19,20). The largest absolute Gasteiger partial charge is 0.337 e. The quantitative estimate of drug-likeness (QED) is 0.896. The number of benzene rings is 1. The number of nitriles is 1. The Hall–Kier alpha value is -1.82. The number of nitrogens with one attached hydrogen (secondary N) is 1. The van der Waals surface area contributed by atoms with Gasteiger partial charge in [0.15, 0.2) is 0 Å². The Morgan fingerprint density at radius 1 is 1.35 bits per heavy atom. The van der Waals surface area contributed by atoms with E-state index >= 15 is 0 Å². The average Bonchev–Trinajstić information content (AvgIpc) is 2.43. The third-order valence-corrected chi connectivity index (χ3v) is 4.88. The zero-order chi connectivity index (χ0) is 14.2. The summed E-state index contributed by atoms with van der Waals surface area (Å²) < 4.78 is 0. The van der Waals surface area contributed by atoms with Crippen LogP contribution in [0.4, 0.5) is 0 Å². The summed E-state index contributed by atoms with van der Waals surface area (Å²) in [6.07, 6.45) is 4.42. The molecule has 20 heavy (non-hydrogen) atoms.